The molecule has 0 aliphatic rings. The van der Waals surface area contributed by atoms with E-state index in [9.17, 15) is 5.11 Å². The van der Waals surface area contributed by atoms with E-state index < -0.39 is 0 Å². The largest absolute Gasteiger partial charge is 0.424 e. The number of hydrogen-bond acceptors (Lipinski definition) is 8. The molecule has 3 aromatic heterocycles. The predicted molar refractivity (Wildman–Crippen MR) is 88.9 cm³/mol. The van der Waals surface area contributed by atoms with Crippen LogP contribution in [0.1, 0.15) is 13.0 Å². The summed E-state index contributed by atoms with van der Waals surface area (Å²) in [5.74, 6) is 0.325. The Bertz CT molecular complexity index is 1050. The van der Waals surface area contributed by atoms with Crippen LogP contribution in [-0.4, -0.2) is 36.4 Å². The molecule has 4 rings (SSSR count). The molecule has 0 fully saturated rings. The molecule has 24 heavy (non-hydrogen) atoms. The molecule has 3 heterocycles. The van der Waals surface area contributed by atoms with Crippen LogP contribution in [0, 0.1) is 0 Å². The van der Waals surface area contributed by atoms with E-state index in [0.29, 0.717) is 33.6 Å². The standard InChI is InChI=1S/C15H15N7O2/c1-7(5-23)22-14-11(13(16)18-6-19-14)12(21-22)8-2-3-10-9(4-8)20-15(17)24-10/h2-4,6-7,23H,5H2,1H3,(H2,17,20)(H2,16,18,19)/t7-/m0/s1. The minimum absolute atomic E-state index is 0.0705. The Kier molecular flexibility index (Phi) is 3.10. The fraction of sp³-hybridized carbons (Fsp3) is 0.200. The van der Waals surface area contributed by atoms with Crippen LogP contribution >= 0.6 is 0 Å². The van der Waals surface area contributed by atoms with Gasteiger partial charge in [-0.2, -0.15) is 10.1 Å². The molecule has 4 aromatic rings. The summed E-state index contributed by atoms with van der Waals surface area (Å²) in [6, 6.07) is 5.29. The first-order chi connectivity index (χ1) is 11.6. The summed E-state index contributed by atoms with van der Waals surface area (Å²) in [5, 5.41) is 14.7. The van der Waals surface area contributed by atoms with Gasteiger partial charge in [0.2, 0.25) is 0 Å². The second-order valence-electron chi connectivity index (χ2n) is 5.52. The lowest BCUT2D eigenvalue weighted by Gasteiger charge is -2.08. The number of nitrogen functional groups attached to an aromatic ring is 2. The zero-order valence-corrected chi connectivity index (χ0v) is 12.8. The average molecular weight is 325 g/mol. The van der Waals surface area contributed by atoms with Crippen LogP contribution in [0.15, 0.2) is 28.9 Å². The molecule has 9 nitrogen and oxygen atoms in total. The van der Waals surface area contributed by atoms with Crippen molar-refractivity contribution in [1.82, 2.24) is 24.7 Å². The third-order valence-corrected chi connectivity index (χ3v) is 3.88. The van der Waals surface area contributed by atoms with Gasteiger partial charge in [0.1, 0.15) is 23.4 Å². The first-order valence-electron chi connectivity index (χ1n) is 7.34. The van der Waals surface area contributed by atoms with Gasteiger partial charge in [0.05, 0.1) is 18.0 Å². The number of fused-ring (bicyclic) bond motifs is 2. The molecule has 0 amide bonds. The first kappa shape index (κ1) is 14.4. The van der Waals surface area contributed by atoms with Crippen LogP contribution in [0.4, 0.5) is 11.8 Å². The van der Waals surface area contributed by atoms with E-state index in [4.69, 9.17) is 15.9 Å². The minimum Gasteiger partial charge on any atom is -0.424 e. The van der Waals surface area contributed by atoms with Crippen molar-refractivity contribution in [1.29, 1.82) is 0 Å². The van der Waals surface area contributed by atoms with E-state index >= 15 is 0 Å². The third-order valence-electron chi connectivity index (χ3n) is 3.88. The van der Waals surface area contributed by atoms with Crippen LogP contribution in [0.3, 0.4) is 0 Å². The van der Waals surface area contributed by atoms with Gasteiger partial charge in [-0.05, 0) is 25.1 Å². The van der Waals surface area contributed by atoms with Crippen molar-refractivity contribution in [3.8, 4) is 11.3 Å². The topological polar surface area (TPSA) is 142 Å². The molecule has 0 saturated heterocycles. The predicted octanol–water partition coefficient (Wildman–Crippen LogP) is 1.35. The minimum atomic E-state index is -0.248. The van der Waals surface area contributed by atoms with Crippen LogP contribution in [-0.2, 0) is 0 Å². The van der Waals surface area contributed by atoms with Gasteiger partial charge in [-0.1, -0.05) is 0 Å². The third kappa shape index (κ3) is 2.06. The highest BCUT2D eigenvalue weighted by Gasteiger charge is 2.20. The Morgan fingerprint density at radius 1 is 1.29 bits per heavy atom. The van der Waals surface area contributed by atoms with Crippen molar-refractivity contribution in [2.24, 2.45) is 0 Å². The monoisotopic (exact) mass is 325 g/mol. The second-order valence-corrected chi connectivity index (χ2v) is 5.52. The summed E-state index contributed by atoms with van der Waals surface area (Å²) in [6.07, 6.45) is 1.38. The van der Waals surface area contributed by atoms with Gasteiger partial charge in [-0.3, -0.25) is 0 Å². The summed E-state index contributed by atoms with van der Waals surface area (Å²) >= 11 is 0. The molecule has 5 N–H and O–H groups in total. The lowest BCUT2D eigenvalue weighted by atomic mass is 10.1. The number of nitrogens with two attached hydrogens (primary N) is 2. The average Bonchev–Trinajstić information content (AvgIpc) is 3.14. The van der Waals surface area contributed by atoms with Crippen LogP contribution in [0.5, 0.6) is 0 Å². The number of nitrogens with zero attached hydrogens (tertiary/aromatic N) is 5. The molecule has 0 unspecified atom stereocenters. The van der Waals surface area contributed by atoms with Crippen molar-refractivity contribution in [2.75, 3.05) is 18.1 Å². The molecule has 1 aromatic carbocycles. The van der Waals surface area contributed by atoms with Gasteiger partial charge in [0, 0.05) is 5.56 Å². The number of hydrogen-bond donors (Lipinski definition) is 3. The molecule has 0 bridgehead atoms. The molecular formula is C15H15N7O2. The Morgan fingerprint density at radius 3 is 2.92 bits per heavy atom. The van der Waals surface area contributed by atoms with Crippen LogP contribution in [0.2, 0.25) is 0 Å². The number of rotatable bonds is 3. The maximum atomic E-state index is 9.47. The molecule has 9 heteroatoms. The van der Waals surface area contributed by atoms with E-state index in [0.717, 1.165) is 5.56 Å². The number of aromatic nitrogens is 5. The lowest BCUT2D eigenvalue weighted by molar-refractivity contribution is 0.232. The van der Waals surface area contributed by atoms with Gasteiger partial charge in [-0.15, -0.1) is 0 Å². The summed E-state index contributed by atoms with van der Waals surface area (Å²) in [5.41, 5.74) is 14.8. The maximum Gasteiger partial charge on any atom is 0.292 e. The van der Waals surface area contributed by atoms with E-state index in [1.165, 1.54) is 6.33 Å². The lowest BCUT2D eigenvalue weighted by Crippen LogP contribution is -2.11. The normalized spacial score (nSPS) is 12.9. The Labute approximate surface area is 135 Å². The Hall–Kier alpha value is -3.20. The summed E-state index contributed by atoms with van der Waals surface area (Å²) in [4.78, 5) is 12.5. The van der Waals surface area contributed by atoms with E-state index in [1.807, 2.05) is 19.1 Å². The van der Waals surface area contributed by atoms with Gasteiger partial charge in [0.25, 0.3) is 6.01 Å². The summed E-state index contributed by atoms with van der Waals surface area (Å²) < 4.78 is 6.93. The van der Waals surface area contributed by atoms with E-state index in [2.05, 4.69) is 20.1 Å². The van der Waals surface area contributed by atoms with Crippen molar-refractivity contribution in [2.45, 2.75) is 13.0 Å². The second kappa shape index (κ2) is 5.17. The number of anilines is 2. The fourth-order valence-corrected chi connectivity index (χ4v) is 2.67. The molecule has 1 atom stereocenters. The number of aliphatic hydroxyl groups is 1. The van der Waals surface area contributed by atoms with Gasteiger partial charge in [0.15, 0.2) is 11.2 Å². The molecule has 0 aliphatic heterocycles. The van der Waals surface area contributed by atoms with Gasteiger partial charge >= 0.3 is 0 Å². The van der Waals surface area contributed by atoms with Crippen molar-refractivity contribution in [3.05, 3.63) is 24.5 Å². The van der Waals surface area contributed by atoms with Crippen molar-refractivity contribution in [3.63, 3.8) is 0 Å². The maximum absolute atomic E-state index is 9.47. The highest BCUT2D eigenvalue weighted by atomic mass is 16.4. The quantitative estimate of drug-likeness (QED) is 0.512. The summed E-state index contributed by atoms with van der Waals surface area (Å²) in [6.45, 7) is 1.77. The molecule has 122 valence electrons. The van der Waals surface area contributed by atoms with E-state index in [-0.39, 0.29) is 18.7 Å². The van der Waals surface area contributed by atoms with E-state index in [1.54, 1.807) is 10.7 Å². The molecular weight excluding hydrogens is 310 g/mol. The summed E-state index contributed by atoms with van der Waals surface area (Å²) in [7, 11) is 0. The van der Waals surface area contributed by atoms with Gasteiger partial charge < -0.3 is 21.0 Å². The number of aliphatic hydroxyl groups excluding tert-OH is 1. The highest BCUT2D eigenvalue weighted by Crippen LogP contribution is 2.33. The first-order valence-corrected chi connectivity index (χ1v) is 7.34. The molecule has 0 spiro atoms. The molecule has 0 saturated carbocycles. The van der Waals surface area contributed by atoms with Crippen LogP contribution in [0.25, 0.3) is 33.4 Å². The van der Waals surface area contributed by atoms with Crippen LogP contribution < -0.4 is 11.5 Å². The Balaban J connectivity index is 2.00. The van der Waals surface area contributed by atoms with Crippen molar-refractivity contribution < 1.29 is 9.52 Å². The highest BCUT2D eigenvalue weighted by molar-refractivity contribution is 5.99. The fourth-order valence-electron chi connectivity index (χ4n) is 2.67. The number of oxazole rings is 1. The SMILES string of the molecule is C[C@@H](CO)n1nc(-c2ccc3oc(N)nc3c2)c2c(N)ncnc21. The zero-order valence-electron chi connectivity index (χ0n) is 12.8. The number of benzene rings is 1. The van der Waals surface area contributed by atoms with Crippen molar-refractivity contribution >= 4 is 34.0 Å². The van der Waals surface area contributed by atoms with Gasteiger partial charge in [-0.25, -0.2) is 14.6 Å². The Morgan fingerprint density at radius 2 is 2.12 bits per heavy atom. The zero-order chi connectivity index (χ0) is 16.8. The smallest absolute Gasteiger partial charge is 0.292 e. The molecule has 0 aliphatic carbocycles. The molecule has 0 radical (unpaired) electrons.